The molecule has 12 heteroatoms. The van der Waals surface area contributed by atoms with Gasteiger partial charge in [-0.3, -0.25) is 9.36 Å². The lowest BCUT2D eigenvalue weighted by atomic mass is 10.1. The monoisotopic (exact) mass is 523 g/mol. The van der Waals surface area contributed by atoms with E-state index in [2.05, 4.69) is 5.32 Å². The van der Waals surface area contributed by atoms with E-state index in [-0.39, 0.29) is 14.1 Å². The number of methoxy groups -OCH3 is 1. The van der Waals surface area contributed by atoms with Crippen LogP contribution in [0.25, 0.3) is 16.5 Å². The van der Waals surface area contributed by atoms with Crippen LogP contribution in [0.4, 0.5) is 10.5 Å². The minimum Gasteiger partial charge on any atom is -0.495 e. The number of thiophene rings is 1. The maximum absolute atomic E-state index is 12.9. The topological polar surface area (TPSA) is 106 Å². The van der Waals surface area contributed by atoms with E-state index < -0.39 is 16.1 Å². The van der Waals surface area contributed by atoms with Crippen molar-refractivity contribution < 1.29 is 17.9 Å². The lowest BCUT2D eigenvalue weighted by Gasteiger charge is -2.11. The van der Waals surface area contributed by atoms with Crippen LogP contribution in [0.15, 0.2) is 69.8 Å². The molecule has 0 aliphatic heterocycles. The zero-order valence-corrected chi connectivity index (χ0v) is 20.0. The van der Waals surface area contributed by atoms with Crippen LogP contribution in [0.1, 0.15) is 0 Å². The van der Waals surface area contributed by atoms with Crippen molar-refractivity contribution in [2.75, 3.05) is 12.4 Å². The summed E-state index contributed by atoms with van der Waals surface area (Å²) < 4.78 is 33.2. The van der Waals surface area contributed by atoms with E-state index in [0.717, 1.165) is 11.3 Å². The number of carbonyl (C=O) groups excluding carboxylic acids is 1. The Bertz CT molecular complexity index is 1530. The number of nitrogens with one attached hydrogen (secondary N) is 2. The fourth-order valence-corrected chi connectivity index (χ4v) is 5.71. The van der Waals surface area contributed by atoms with Crippen molar-refractivity contribution >= 4 is 67.1 Å². The van der Waals surface area contributed by atoms with Gasteiger partial charge in [0.15, 0.2) is 0 Å². The molecule has 2 heterocycles. The zero-order chi connectivity index (χ0) is 23.8. The number of hydrogen-bond donors (Lipinski definition) is 2. The predicted octanol–water partition coefficient (Wildman–Crippen LogP) is 4.88. The van der Waals surface area contributed by atoms with E-state index in [4.69, 9.17) is 27.9 Å². The number of nitrogens with zero attached hydrogens (tertiary/aromatic N) is 1. The number of sulfonamides is 1. The van der Waals surface area contributed by atoms with Crippen molar-refractivity contribution in [3.63, 3.8) is 0 Å². The number of fused-ring (bicyclic) bond motifs is 1. The van der Waals surface area contributed by atoms with Crippen molar-refractivity contribution in [1.82, 2.24) is 9.29 Å². The van der Waals surface area contributed by atoms with E-state index in [1.807, 2.05) is 4.72 Å². The highest BCUT2D eigenvalue weighted by molar-refractivity contribution is 7.92. The van der Waals surface area contributed by atoms with Crippen LogP contribution >= 0.6 is 34.5 Å². The Hall–Kier alpha value is -3.05. The highest BCUT2D eigenvalue weighted by Crippen LogP contribution is 2.29. The Kier molecular flexibility index (Phi) is 6.35. The number of amides is 2. The summed E-state index contributed by atoms with van der Waals surface area (Å²) in [6, 6.07) is 13.1. The first-order valence-corrected chi connectivity index (χ1v) is 12.3. The van der Waals surface area contributed by atoms with Crippen molar-refractivity contribution in [2.45, 2.75) is 4.21 Å². The van der Waals surface area contributed by atoms with Gasteiger partial charge in [0.1, 0.15) is 9.96 Å². The molecule has 4 rings (SSSR count). The van der Waals surface area contributed by atoms with Gasteiger partial charge in [0.25, 0.3) is 15.6 Å². The molecule has 2 aromatic carbocycles. The lowest BCUT2D eigenvalue weighted by Crippen LogP contribution is -2.33. The molecule has 0 fully saturated rings. The third-order valence-electron chi connectivity index (χ3n) is 4.62. The maximum atomic E-state index is 12.9. The Morgan fingerprint density at radius 3 is 2.42 bits per heavy atom. The van der Waals surface area contributed by atoms with Crippen LogP contribution in [0, 0.1) is 0 Å². The smallest absolute Gasteiger partial charge is 0.333 e. The minimum absolute atomic E-state index is 0.0774. The Labute approximate surface area is 202 Å². The molecule has 0 aliphatic rings. The summed E-state index contributed by atoms with van der Waals surface area (Å²) in [5, 5.41) is 3.87. The standard InChI is InChI=1S/C21H15Cl2N3O5S2/c1-31-17-10-12-8-9-26(20(27)15(12)11-16(17)22)14-4-2-13(3-5-14)24-21(28)25-33(29,30)19-7-6-18(23)32-19/h2-11H,1H3,(H2,24,25,28). The second-order valence-electron chi connectivity index (χ2n) is 6.73. The number of pyridine rings is 1. The van der Waals surface area contributed by atoms with Gasteiger partial charge in [0, 0.05) is 23.0 Å². The number of carbonyl (C=O) groups is 1. The molecule has 0 bridgehead atoms. The van der Waals surface area contributed by atoms with Gasteiger partial charge in [-0.05, 0) is 60.0 Å². The molecule has 2 aromatic heterocycles. The summed E-state index contributed by atoms with van der Waals surface area (Å²) >= 11 is 12.7. The Balaban J connectivity index is 1.54. The van der Waals surface area contributed by atoms with Crippen LogP contribution < -0.4 is 20.3 Å². The molecule has 0 spiro atoms. The lowest BCUT2D eigenvalue weighted by molar-refractivity contribution is 0.256. The number of ether oxygens (including phenoxy) is 1. The molecule has 33 heavy (non-hydrogen) atoms. The number of urea groups is 1. The molecule has 2 N–H and O–H groups in total. The highest BCUT2D eigenvalue weighted by Gasteiger charge is 2.20. The first-order chi connectivity index (χ1) is 15.7. The van der Waals surface area contributed by atoms with E-state index in [1.54, 1.807) is 48.7 Å². The molecule has 0 radical (unpaired) electrons. The van der Waals surface area contributed by atoms with Gasteiger partial charge in [-0.2, -0.15) is 0 Å². The molecular weight excluding hydrogens is 509 g/mol. The second-order valence-corrected chi connectivity index (χ2v) is 10.8. The van der Waals surface area contributed by atoms with E-state index in [9.17, 15) is 18.0 Å². The molecule has 0 atom stereocenters. The average Bonchev–Trinajstić information content (AvgIpc) is 3.22. The molecule has 0 saturated heterocycles. The maximum Gasteiger partial charge on any atom is 0.333 e. The third kappa shape index (κ3) is 4.83. The molecule has 4 aromatic rings. The molecule has 2 amide bonds. The zero-order valence-electron chi connectivity index (χ0n) is 16.8. The number of aromatic nitrogens is 1. The van der Waals surface area contributed by atoms with Gasteiger partial charge in [-0.25, -0.2) is 17.9 Å². The SMILES string of the molecule is COc1cc2ccn(-c3ccc(NC(=O)NS(=O)(=O)c4ccc(Cl)s4)cc3)c(=O)c2cc1Cl. The van der Waals surface area contributed by atoms with E-state index in [1.165, 1.54) is 23.8 Å². The quantitative estimate of drug-likeness (QED) is 0.387. The van der Waals surface area contributed by atoms with Gasteiger partial charge in [0.2, 0.25) is 0 Å². The highest BCUT2D eigenvalue weighted by atomic mass is 35.5. The van der Waals surface area contributed by atoms with Gasteiger partial charge in [0.05, 0.1) is 16.5 Å². The Morgan fingerprint density at radius 2 is 1.79 bits per heavy atom. The summed E-state index contributed by atoms with van der Waals surface area (Å²) in [7, 11) is -2.54. The number of halogens is 2. The van der Waals surface area contributed by atoms with Crippen LogP contribution in [-0.2, 0) is 10.0 Å². The first-order valence-electron chi connectivity index (χ1n) is 9.26. The summed E-state index contributed by atoms with van der Waals surface area (Å²) in [4.78, 5) is 25.1. The van der Waals surface area contributed by atoms with Gasteiger partial charge < -0.3 is 10.1 Å². The van der Waals surface area contributed by atoms with Crippen molar-refractivity contribution in [1.29, 1.82) is 0 Å². The van der Waals surface area contributed by atoms with E-state index >= 15 is 0 Å². The second kappa shape index (κ2) is 9.06. The van der Waals surface area contributed by atoms with Gasteiger partial charge in [-0.15, -0.1) is 11.3 Å². The minimum atomic E-state index is -4.04. The third-order valence-corrected chi connectivity index (χ3v) is 7.97. The number of rotatable bonds is 5. The number of anilines is 1. The Morgan fingerprint density at radius 1 is 1.06 bits per heavy atom. The summed E-state index contributed by atoms with van der Waals surface area (Å²) in [5.74, 6) is 0.471. The van der Waals surface area contributed by atoms with Gasteiger partial charge >= 0.3 is 6.03 Å². The number of benzene rings is 2. The summed E-state index contributed by atoms with van der Waals surface area (Å²) in [6.45, 7) is 0. The van der Waals surface area contributed by atoms with Crippen molar-refractivity contribution in [3.05, 3.63) is 80.5 Å². The summed E-state index contributed by atoms with van der Waals surface area (Å²) in [6.07, 6.45) is 1.62. The first kappa shape index (κ1) is 23.1. The molecular formula is C21H15Cl2N3O5S2. The largest absolute Gasteiger partial charge is 0.495 e. The fraction of sp³-hybridized carbons (Fsp3) is 0.0476. The molecule has 0 aliphatic carbocycles. The van der Waals surface area contributed by atoms with Crippen LogP contribution in [0.5, 0.6) is 5.75 Å². The summed E-state index contributed by atoms with van der Waals surface area (Å²) in [5.41, 5.74) is 0.592. The molecule has 0 unspecified atom stereocenters. The predicted molar refractivity (Wildman–Crippen MR) is 130 cm³/mol. The molecule has 0 saturated carbocycles. The van der Waals surface area contributed by atoms with Crippen molar-refractivity contribution in [2.24, 2.45) is 0 Å². The molecule has 170 valence electrons. The fourth-order valence-electron chi connectivity index (χ4n) is 3.08. The normalized spacial score (nSPS) is 11.4. The van der Waals surface area contributed by atoms with Crippen LogP contribution in [0.3, 0.4) is 0 Å². The molecule has 8 nitrogen and oxygen atoms in total. The van der Waals surface area contributed by atoms with Gasteiger partial charge in [-0.1, -0.05) is 23.2 Å². The van der Waals surface area contributed by atoms with Crippen molar-refractivity contribution in [3.8, 4) is 11.4 Å². The van der Waals surface area contributed by atoms with Crippen LogP contribution in [-0.4, -0.2) is 26.1 Å². The average molecular weight is 524 g/mol. The van der Waals surface area contributed by atoms with Crippen LogP contribution in [0.2, 0.25) is 9.36 Å². The van der Waals surface area contributed by atoms with E-state index in [0.29, 0.717) is 32.9 Å². The number of hydrogen-bond acceptors (Lipinski definition) is 6.